The Balaban J connectivity index is 0. The number of ether oxygens (including phenoxy) is 1. The van der Waals surface area contributed by atoms with Crippen LogP contribution < -0.4 is 0 Å². The summed E-state index contributed by atoms with van der Waals surface area (Å²) in [5, 5.41) is 41.7. The number of aliphatic hydroxyl groups excluding tert-OH is 2. The maximum absolute atomic E-state index is 10.7. The smallest absolute Gasteiger partial charge is 0.337 e. The van der Waals surface area contributed by atoms with E-state index in [0.29, 0.717) is 0 Å². The lowest BCUT2D eigenvalue weighted by Gasteiger charge is -2.23. The van der Waals surface area contributed by atoms with E-state index in [4.69, 9.17) is 25.5 Å². The van der Waals surface area contributed by atoms with Crippen molar-refractivity contribution in [2.45, 2.75) is 31.3 Å². The number of aliphatic hydroxyl groups is 2. The van der Waals surface area contributed by atoms with Crippen molar-refractivity contribution >= 4 is 17.9 Å². The van der Waals surface area contributed by atoms with Gasteiger partial charge < -0.3 is 30.3 Å². The van der Waals surface area contributed by atoms with Gasteiger partial charge in [-0.05, 0) is 12.8 Å². The molecule has 0 unspecified atom stereocenters. The van der Waals surface area contributed by atoms with E-state index in [0.717, 1.165) is 20.0 Å². The molecule has 0 atom stereocenters. The molecule has 118 valence electrons. The number of hydrogen-bond acceptors (Lipinski definition) is 6. The van der Waals surface area contributed by atoms with Crippen LogP contribution in [-0.2, 0) is 19.1 Å². The van der Waals surface area contributed by atoms with Gasteiger partial charge in [0.05, 0.1) is 12.8 Å². The predicted molar refractivity (Wildman–Crippen MR) is 65.3 cm³/mol. The molecule has 0 aromatic carbocycles. The molecule has 0 saturated heterocycles. The second-order valence-corrected chi connectivity index (χ2v) is 3.80. The Bertz CT molecular complexity index is 293. The van der Waals surface area contributed by atoms with Crippen LogP contribution >= 0.6 is 0 Å². The van der Waals surface area contributed by atoms with Crippen molar-refractivity contribution in [2.24, 2.45) is 0 Å². The summed E-state index contributed by atoms with van der Waals surface area (Å²) < 4.78 is 4.46. The van der Waals surface area contributed by atoms with Crippen molar-refractivity contribution in [1.82, 2.24) is 0 Å². The van der Waals surface area contributed by atoms with E-state index in [1.54, 1.807) is 0 Å². The summed E-state index contributed by atoms with van der Waals surface area (Å²) in [6.07, 6.45) is -0.358. The van der Waals surface area contributed by atoms with Crippen molar-refractivity contribution in [1.29, 1.82) is 0 Å². The van der Waals surface area contributed by atoms with E-state index in [2.05, 4.69) is 4.74 Å². The largest absolute Gasteiger partial charge is 0.481 e. The van der Waals surface area contributed by atoms with Crippen LogP contribution in [0.4, 0.5) is 0 Å². The molecule has 0 spiro atoms. The summed E-state index contributed by atoms with van der Waals surface area (Å²) in [6, 6.07) is 0. The molecule has 0 fully saturated rings. The zero-order valence-corrected chi connectivity index (χ0v) is 11.1. The highest BCUT2D eigenvalue weighted by molar-refractivity contribution is 5.88. The summed E-state index contributed by atoms with van der Waals surface area (Å²) in [6.45, 7) is 0.390. The van der Waals surface area contributed by atoms with E-state index in [1.807, 2.05) is 0 Å². The summed E-state index contributed by atoms with van der Waals surface area (Å²) in [5.41, 5.74) is -2.20. The molecule has 9 nitrogen and oxygen atoms in total. The molecule has 20 heavy (non-hydrogen) atoms. The first-order chi connectivity index (χ1) is 9.25. The van der Waals surface area contributed by atoms with Crippen molar-refractivity contribution in [3.05, 3.63) is 0 Å². The van der Waals surface area contributed by atoms with Crippen LogP contribution in [0.25, 0.3) is 0 Å². The number of unbranched alkanes of at least 4 members (excludes halogenated alkanes) is 1. The molecule has 0 heterocycles. The Morgan fingerprint density at radius 2 is 1.25 bits per heavy atom. The van der Waals surface area contributed by atoms with E-state index in [-0.39, 0.29) is 13.2 Å². The van der Waals surface area contributed by atoms with Crippen LogP contribution in [-0.4, -0.2) is 69.4 Å². The SMILES string of the molecule is COC(CC(=O)O)(CC(=O)O)C(=O)O.OCCCCO. The minimum absolute atomic E-state index is 0.195. The molecular weight excluding hydrogens is 276 g/mol. The summed E-state index contributed by atoms with van der Waals surface area (Å²) in [5.74, 6) is -4.48. The van der Waals surface area contributed by atoms with Gasteiger partial charge in [-0.1, -0.05) is 0 Å². The summed E-state index contributed by atoms with van der Waals surface area (Å²) >= 11 is 0. The summed E-state index contributed by atoms with van der Waals surface area (Å²) in [4.78, 5) is 31.3. The van der Waals surface area contributed by atoms with Gasteiger partial charge in [0.1, 0.15) is 0 Å². The average Bonchev–Trinajstić information content (AvgIpc) is 2.34. The molecule has 0 bridgehead atoms. The van der Waals surface area contributed by atoms with E-state index in [1.165, 1.54) is 0 Å². The molecule has 0 radical (unpaired) electrons. The van der Waals surface area contributed by atoms with Crippen molar-refractivity contribution < 1.29 is 44.7 Å². The minimum Gasteiger partial charge on any atom is -0.481 e. The Morgan fingerprint density at radius 3 is 1.40 bits per heavy atom. The average molecular weight is 296 g/mol. The highest BCUT2D eigenvalue weighted by Gasteiger charge is 2.43. The van der Waals surface area contributed by atoms with Crippen LogP contribution in [0.15, 0.2) is 0 Å². The molecular formula is C11H20O9. The summed E-state index contributed by atoms with van der Waals surface area (Å²) in [7, 11) is 0.958. The maximum atomic E-state index is 10.7. The lowest BCUT2D eigenvalue weighted by Crippen LogP contribution is -2.44. The predicted octanol–water partition coefficient (Wildman–Crippen LogP) is -0.843. The fraction of sp³-hybridized carbons (Fsp3) is 0.727. The lowest BCUT2D eigenvalue weighted by atomic mass is 9.95. The molecule has 0 aliphatic rings. The third kappa shape index (κ3) is 9.25. The molecule has 0 aliphatic heterocycles. The number of carboxylic acid groups (broad SMARTS) is 3. The van der Waals surface area contributed by atoms with Crippen LogP contribution in [0.5, 0.6) is 0 Å². The second kappa shape index (κ2) is 11.1. The van der Waals surface area contributed by atoms with Crippen LogP contribution in [0.2, 0.25) is 0 Å². The highest BCUT2D eigenvalue weighted by Crippen LogP contribution is 2.20. The first kappa shape index (κ1) is 20.6. The van der Waals surface area contributed by atoms with Crippen LogP contribution in [0.1, 0.15) is 25.7 Å². The Kier molecular flexibility index (Phi) is 11.5. The van der Waals surface area contributed by atoms with Gasteiger partial charge in [-0.3, -0.25) is 9.59 Å². The van der Waals surface area contributed by atoms with Gasteiger partial charge in [-0.15, -0.1) is 0 Å². The van der Waals surface area contributed by atoms with Crippen LogP contribution in [0, 0.1) is 0 Å². The van der Waals surface area contributed by atoms with Gasteiger partial charge in [0, 0.05) is 20.3 Å². The van der Waals surface area contributed by atoms with Gasteiger partial charge in [0.2, 0.25) is 0 Å². The number of carboxylic acids is 3. The van der Waals surface area contributed by atoms with E-state index < -0.39 is 36.4 Å². The molecule has 9 heteroatoms. The molecule has 0 saturated carbocycles. The first-order valence-electron chi connectivity index (χ1n) is 5.69. The Morgan fingerprint density at radius 1 is 0.900 bits per heavy atom. The topological polar surface area (TPSA) is 162 Å². The van der Waals surface area contributed by atoms with Crippen molar-refractivity contribution in [3.63, 3.8) is 0 Å². The highest BCUT2D eigenvalue weighted by atomic mass is 16.5. The number of hydrogen-bond donors (Lipinski definition) is 5. The number of rotatable bonds is 9. The minimum atomic E-state index is -2.20. The third-order valence-corrected chi connectivity index (χ3v) is 2.22. The molecule has 0 aliphatic carbocycles. The fourth-order valence-corrected chi connectivity index (χ4v) is 1.16. The standard InChI is InChI=1S/C7H10O7.C4H10O2/c1-14-7(6(12)13,2-4(8)9)3-5(10)11;5-3-1-2-4-6/h2-3H2,1H3,(H,8,9)(H,10,11)(H,12,13);5-6H,1-4H2. The fourth-order valence-electron chi connectivity index (χ4n) is 1.16. The van der Waals surface area contributed by atoms with E-state index >= 15 is 0 Å². The number of aliphatic carboxylic acids is 3. The number of methoxy groups -OCH3 is 1. The molecule has 5 N–H and O–H groups in total. The van der Waals surface area contributed by atoms with Crippen molar-refractivity contribution in [2.75, 3.05) is 20.3 Å². The monoisotopic (exact) mass is 296 g/mol. The van der Waals surface area contributed by atoms with Gasteiger partial charge in [0.15, 0.2) is 5.60 Å². The quantitative estimate of drug-likeness (QED) is 0.341. The molecule has 0 amide bonds. The second-order valence-electron chi connectivity index (χ2n) is 3.80. The van der Waals surface area contributed by atoms with E-state index in [9.17, 15) is 14.4 Å². The molecule has 0 rings (SSSR count). The zero-order valence-electron chi connectivity index (χ0n) is 11.1. The molecule has 0 aromatic rings. The Labute approximate surface area is 115 Å². The van der Waals surface area contributed by atoms with Crippen molar-refractivity contribution in [3.8, 4) is 0 Å². The van der Waals surface area contributed by atoms with Gasteiger partial charge in [-0.2, -0.15) is 0 Å². The Hall–Kier alpha value is -1.71. The normalized spacial score (nSPS) is 10.3. The van der Waals surface area contributed by atoms with Gasteiger partial charge in [-0.25, -0.2) is 4.79 Å². The number of carbonyl (C=O) groups is 3. The lowest BCUT2D eigenvalue weighted by molar-refractivity contribution is -0.174. The maximum Gasteiger partial charge on any atom is 0.337 e. The first-order valence-corrected chi connectivity index (χ1v) is 5.69. The van der Waals surface area contributed by atoms with Crippen LogP contribution in [0.3, 0.4) is 0 Å². The zero-order chi connectivity index (χ0) is 16.2. The third-order valence-electron chi connectivity index (χ3n) is 2.22. The molecule has 0 aromatic heterocycles. The van der Waals surface area contributed by atoms with Gasteiger partial charge >= 0.3 is 17.9 Å². The van der Waals surface area contributed by atoms with Gasteiger partial charge in [0.25, 0.3) is 0 Å².